The Balaban J connectivity index is 1.87. The van der Waals surface area contributed by atoms with Gasteiger partial charge in [0.25, 0.3) is 0 Å². The van der Waals surface area contributed by atoms with Crippen molar-refractivity contribution in [1.29, 1.82) is 0 Å². The summed E-state index contributed by atoms with van der Waals surface area (Å²) in [6.07, 6.45) is 0.882. The van der Waals surface area contributed by atoms with E-state index in [1.807, 2.05) is 25.6 Å². The fourth-order valence-corrected chi connectivity index (χ4v) is 2.83. The van der Waals surface area contributed by atoms with E-state index >= 15 is 0 Å². The van der Waals surface area contributed by atoms with Crippen molar-refractivity contribution in [2.45, 2.75) is 23.8 Å². The Labute approximate surface area is 115 Å². The molecule has 0 N–H and O–H groups in total. The molecule has 2 aromatic heterocycles. The molecule has 0 saturated heterocycles. The van der Waals surface area contributed by atoms with Gasteiger partial charge < -0.3 is 4.57 Å². The third-order valence-corrected chi connectivity index (χ3v) is 4.16. The third-order valence-electron chi connectivity index (χ3n) is 2.63. The average molecular weight is 285 g/mol. The molecule has 98 valence electrons. The Hall–Kier alpha value is -1.09. The number of thioether (sulfide) groups is 1. The lowest BCUT2D eigenvalue weighted by molar-refractivity contribution is 0.664. The molecule has 0 aliphatic heterocycles. The van der Waals surface area contributed by atoms with Crippen LogP contribution in [-0.2, 0) is 14.1 Å². The molecule has 0 spiro atoms. The van der Waals surface area contributed by atoms with E-state index in [0.29, 0.717) is 0 Å². The van der Waals surface area contributed by atoms with E-state index in [-0.39, 0.29) is 5.25 Å². The molecule has 1 atom stereocenters. The van der Waals surface area contributed by atoms with Gasteiger partial charge in [-0.1, -0.05) is 11.8 Å². The smallest absolute Gasteiger partial charge is 0.209 e. The molecule has 0 radical (unpaired) electrons. The molecule has 0 saturated carbocycles. The molecule has 2 aromatic rings. The van der Waals surface area contributed by atoms with Crippen LogP contribution < -0.4 is 0 Å². The van der Waals surface area contributed by atoms with Crippen molar-refractivity contribution in [2.75, 3.05) is 5.75 Å². The summed E-state index contributed by atoms with van der Waals surface area (Å²) in [4.78, 5) is 0. The minimum Gasteiger partial charge on any atom is -0.317 e. The zero-order chi connectivity index (χ0) is 13.1. The summed E-state index contributed by atoms with van der Waals surface area (Å²) in [5.41, 5.74) is 0. The second-order valence-electron chi connectivity index (χ2n) is 3.90. The first kappa shape index (κ1) is 13.3. The summed E-state index contributed by atoms with van der Waals surface area (Å²) in [6, 6.07) is 0. The van der Waals surface area contributed by atoms with Gasteiger partial charge in [-0.2, -0.15) is 12.6 Å². The van der Waals surface area contributed by atoms with Crippen molar-refractivity contribution in [3.05, 3.63) is 11.6 Å². The number of hydrogen-bond acceptors (Lipinski definition) is 7. The molecule has 0 aliphatic carbocycles. The molecule has 0 aromatic carbocycles. The SMILES string of the molecule is Cc1nnc(C(S)CCSc2nnnn2C)n1C. The molecule has 1 unspecified atom stereocenters. The largest absolute Gasteiger partial charge is 0.317 e. The number of rotatable bonds is 5. The molecular weight excluding hydrogens is 270 g/mol. The molecule has 2 rings (SSSR count). The van der Waals surface area contributed by atoms with Gasteiger partial charge in [-0.05, 0) is 23.8 Å². The molecular formula is C9H15N7S2. The van der Waals surface area contributed by atoms with E-state index in [2.05, 4.69) is 38.4 Å². The van der Waals surface area contributed by atoms with E-state index in [0.717, 1.165) is 29.0 Å². The highest BCUT2D eigenvalue weighted by atomic mass is 32.2. The highest BCUT2D eigenvalue weighted by Crippen LogP contribution is 2.25. The van der Waals surface area contributed by atoms with Gasteiger partial charge in [-0.15, -0.1) is 15.3 Å². The predicted octanol–water partition coefficient (Wildman–Crippen LogP) is 0.800. The Morgan fingerprint density at radius 1 is 1.28 bits per heavy atom. The van der Waals surface area contributed by atoms with Crippen LogP contribution in [-0.4, -0.2) is 40.7 Å². The normalized spacial score (nSPS) is 12.9. The Morgan fingerprint density at radius 3 is 2.61 bits per heavy atom. The summed E-state index contributed by atoms with van der Waals surface area (Å²) in [5.74, 6) is 2.68. The summed E-state index contributed by atoms with van der Waals surface area (Å²) in [6.45, 7) is 1.93. The fourth-order valence-electron chi connectivity index (χ4n) is 1.45. The first-order valence-corrected chi connectivity index (χ1v) is 6.99. The Bertz CT molecular complexity index is 521. The minimum atomic E-state index is 0.0740. The van der Waals surface area contributed by atoms with Crippen LogP contribution >= 0.6 is 24.4 Å². The van der Waals surface area contributed by atoms with Crippen LogP contribution in [0.25, 0.3) is 0 Å². The quantitative estimate of drug-likeness (QED) is 0.647. The zero-order valence-corrected chi connectivity index (χ0v) is 12.2. The van der Waals surface area contributed by atoms with Crippen LogP contribution in [0, 0.1) is 6.92 Å². The molecule has 0 bridgehead atoms. The predicted molar refractivity (Wildman–Crippen MR) is 71.6 cm³/mol. The number of nitrogens with zero attached hydrogens (tertiary/aromatic N) is 7. The number of aryl methyl sites for hydroxylation is 2. The first-order chi connectivity index (χ1) is 8.59. The standard InChI is InChI=1S/C9H15N7S2/c1-6-10-11-8(15(6)2)7(17)4-5-18-9-12-13-14-16(9)3/h7,17H,4-5H2,1-3H3. The maximum absolute atomic E-state index is 4.56. The van der Waals surface area contributed by atoms with Gasteiger partial charge in [0.2, 0.25) is 5.16 Å². The van der Waals surface area contributed by atoms with Crippen molar-refractivity contribution in [1.82, 2.24) is 35.0 Å². The lowest BCUT2D eigenvalue weighted by atomic mass is 10.3. The number of aromatic nitrogens is 7. The maximum atomic E-state index is 4.56. The highest BCUT2D eigenvalue weighted by Gasteiger charge is 2.14. The topological polar surface area (TPSA) is 74.3 Å². The molecule has 7 nitrogen and oxygen atoms in total. The van der Waals surface area contributed by atoms with Gasteiger partial charge in [0.05, 0.1) is 5.25 Å². The van der Waals surface area contributed by atoms with E-state index in [1.54, 1.807) is 16.4 Å². The number of thiol groups is 1. The lowest BCUT2D eigenvalue weighted by Gasteiger charge is -2.09. The summed E-state index contributed by atoms with van der Waals surface area (Å²) >= 11 is 6.17. The van der Waals surface area contributed by atoms with Crippen LogP contribution in [0.15, 0.2) is 5.16 Å². The van der Waals surface area contributed by atoms with Crippen molar-refractivity contribution in [2.24, 2.45) is 14.1 Å². The monoisotopic (exact) mass is 285 g/mol. The Morgan fingerprint density at radius 2 is 2.06 bits per heavy atom. The number of hydrogen-bond donors (Lipinski definition) is 1. The lowest BCUT2D eigenvalue weighted by Crippen LogP contribution is -2.04. The molecule has 0 fully saturated rings. The van der Waals surface area contributed by atoms with Gasteiger partial charge in [0, 0.05) is 19.8 Å². The average Bonchev–Trinajstić information content (AvgIpc) is 2.88. The summed E-state index contributed by atoms with van der Waals surface area (Å²) in [7, 11) is 3.78. The second-order valence-corrected chi connectivity index (χ2v) is 5.59. The van der Waals surface area contributed by atoms with Crippen LogP contribution in [0.5, 0.6) is 0 Å². The van der Waals surface area contributed by atoms with Crippen LogP contribution in [0.4, 0.5) is 0 Å². The summed E-state index contributed by atoms with van der Waals surface area (Å²) < 4.78 is 3.62. The van der Waals surface area contributed by atoms with Gasteiger partial charge in [-0.3, -0.25) is 0 Å². The van der Waals surface area contributed by atoms with Crippen molar-refractivity contribution < 1.29 is 0 Å². The Kier molecular flexibility index (Phi) is 4.23. The fraction of sp³-hybridized carbons (Fsp3) is 0.667. The first-order valence-electron chi connectivity index (χ1n) is 5.48. The highest BCUT2D eigenvalue weighted by molar-refractivity contribution is 7.99. The van der Waals surface area contributed by atoms with Crippen LogP contribution in [0.2, 0.25) is 0 Å². The van der Waals surface area contributed by atoms with Gasteiger partial charge in [0.15, 0.2) is 0 Å². The van der Waals surface area contributed by atoms with Gasteiger partial charge in [0.1, 0.15) is 11.6 Å². The molecule has 2 heterocycles. The van der Waals surface area contributed by atoms with E-state index in [1.165, 1.54) is 0 Å². The minimum absolute atomic E-state index is 0.0740. The second kappa shape index (κ2) is 5.70. The van der Waals surface area contributed by atoms with Crippen molar-refractivity contribution >= 4 is 24.4 Å². The van der Waals surface area contributed by atoms with Crippen molar-refractivity contribution in [3.8, 4) is 0 Å². The molecule has 0 aliphatic rings. The summed E-state index contributed by atoms with van der Waals surface area (Å²) in [5, 5.41) is 20.3. The van der Waals surface area contributed by atoms with Gasteiger partial charge in [-0.25, -0.2) is 4.68 Å². The van der Waals surface area contributed by atoms with E-state index in [4.69, 9.17) is 0 Å². The molecule has 9 heteroatoms. The maximum Gasteiger partial charge on any atom is 0.209 e. The van der Waals surface area contributed by atoms with Crippen LogP contribution in [0.3, 0.4) is 0 Å². The van der Waals surface area contributed by atoms with Crippen molar-refractivity contribution in [3.63, 3.8) is 0 Å². The number of tetrazole rings is 1. The van der Waals surface area contributed by atoms with E-state index < -0.39 is 0 Å². The zero-order valence-electron chi connectivity index (χ0n) is 10.5. The van der Waals surface area contributed by atoms with E-state index in [9.17, 15) is 0 Å². The molecule has 0 amide bonds. The molecule has 18 heavy (non-hydrogen) atoms. The van der Waals surface area contributed by atoms with Crippen LogP contribution in [0.1, 0.15) is 23.3 Å². The third kappa shape index (κ3) is 2.83. The van der Waals surface area contributed by atoms with Gasteiger partial charge >= 0.3 is 0 Å².